The summed E-state index contributed by atoms with van der Waals surface area (Å²) in [4.78, 5) is 14.3. The van der Waals surface area contributed by atoms with Crippen LogP contribution in [0, 0.1) is 0 Å². The lowest BCUT2D eigenvalue weighted by atomic mass is 10.2. The van der Waals surface area contributed by atoms with Crippen LogP contribution in [0.3, 0.4) is 0 Å². The van der Waals surface area contributed by atoms with Gasteiger partial charge in [0, 0.05) is 18.8 Å². The van der Waals surface area contributed by atoms with Crippen LogP contribution in [0.1, 0.15) is 28.9 Å². The van der Waals surface area contributed by atoms with Crippen LogP contribution in [0.25, 0.3) is 0 Å². The first-order chi connectivity index (χ1) is 8.46. The summed E-state index contributed by atoms with van der Waals surface area (Å²) in [6.45, 7) is 0.0783. The van der Waals surface area contributed by atoms with Crippen molar-refractivity contribution in [3.8, 4) is 0 Å². The Morgan fingerprint density at radius 1 is 1.44 bits per heavy atom. The Morgan fingerprint density at radius 3 is 2.67 bits per heavy atom. The molecule has 0 spiro atoms. The molecule has 8 heteroatoms. The van der Waals surface area contributed by atoms with Gasteiger partial charge in [-0.2, -0.15) is 17.9 Å². The molecule has 1 aromatic heterocycles. The number of hydrogen-bond acceptors (Lipinski definition) is 4. The van der Waals surface area contributed by atoms with Crippen molar-refractivity contribution in [3.05, 3.63) is 29.6 Å². The van der Waals surface area contributed by atoms with E-state index in [-0.39, 0.29) is 18.3 Å². The molecule has 1 saturated carbocycles. The minimum absolute atomic E-state index is 0.0509. The molecule has 98 valence electrons. The largest absolute Gasteiger partial charge is 0.477 e. The van der Waals surface area contributed by atoms with Crippen LogP contribution in [-0.4, -0.2) is 30.5 Å². The third kappa shape index (κ3) is 3.76. The third-order valence-electron chi connectivity index (χ3n) is 2.41. The maximum atomic E-state index is 11.5. The zero-order chi connectivity index (χ0) is 13.2. The van der Waals surface area contributed by atoms with Gasteiger partial charge in [-0.05, 0) is 24.5 Å². The fourth-order valence-electron chi connectivity index (χ4n) is 1.30. The molecule has 0 saturated heterocycles. The smallest absolute Gasteiger partial charge is 0.354 e. The highest BCUT2D eigenvalue weighted by Gasteiger charge is 2.26. The van der Waals surface area contributed by atoms with E-state index in [1.54, 1.807) is 0 Å². The molecular weight excluding hydrogens is 258 g/mol. The van der Waals surface area contributed by atoms with Gasteiger partial charge in [-0.25, -0.2) is 9.78 Å². The predicted molar refractivity (Wildman–Crippen MR) is 63.1 cm³/mol. The predicted octanol–water partition coefficient (Wildman–Crippen LogP) is -0.134. The molecule has 0 bridgehead atoms. The van der Waals surface area contributed by atoms with Crippen molar-refractivity contribution >= 4 is 16.2 Å². The molecule has 0 aliphatic heterocycles. The van der Waals surface area contributed by atoms with E-state index in [0.29, 0.717) is 5.56 Å². The minimum atomic E-state index is -3.49. The molecule has 0 radical (unpaired) electrons. The topological polar surface area (TPSA) is 108 Å². The molecule has 0 unspecified atom stereocenters. The summed E-state index contributed by atoms with van der Waals surface area (Å²) in [5, 5.41) is 8.66. The second kappa shape index (κ2) is 5.01. The van der Waals surface area contributed by atoms with Gasteiger partial charge in [-0.3, -0.25) is 0 Å². The van der Waals surface area contributed by atoms with E-state index in [0.717, 1.165) is 12.8 Å². The fourth-order valence-corrected chi connectivity index (χ4v) is 2.41. The standard InChI is InChI=1S/C10H13N3O4S/c14-10(15)9-4-1-7(5-11-9)6-12-18(16,17)13-8-2-3-8/h1,4-5,8,12-13H,2-3,6H2,(H,14,15). The maximum absolute atomic E-state index is 11.5. The quantitative estimate of drug-likeness (QED) is 0.667. The molecule has 1 heterocycles. The van der Waals surface area contributed by atoms with Gasteiger partial charge >= 0.3 is 5.97 Å². The Morgan fingerprint density at radius 2 is 2.17 bits per heavy atom. The Kier molecular flexibility index (Phi) is 3.60. The zero-order valence-electron chi connectivity index (χ0n) is 9.46. The summed E-state index contributed by atoms with van der Waals surface area (Å²) in [7, 11) is -3.49. The third-order valence-corrected chi connectivity index (χ3v) is 3.58. The van der Waals surface area contributed by atoms with Gasteiger partial charge in [0.25, 0.3) is 10.2 Å². The van der Waals surface area contributed by atoms with Crippen molar-refractivity contribution < 1.29 is 18.3 Å². The maximum Gasteiger partial charge on any atom is 0.354 e. The molecule has 18 heavy (non-hydrogen) atoms. The van der Waals surface area contributed by atoms with Crippen molar-refractivity contribution in [2.75, 3.05) is 0 Å². The average Bonchev–Trinajstić information content (AvgIpc) is 3.10. The number of nitrogens with zero attached hydrogens (tertiary/aromatic N) is 1. The minimum Gasteiger partial charge on any atom is -0.477 e. The lowest BCUT2D eigenvalue weighted by Gasteiger charge is -2.07. The number of carbonyl (C=O) groups is 1. The van der Waals surface area contributed by atoms with Gasteiger partial charge < -0.3 is 5.11 Å². The second-order valence-corrected chi connectivity index (χ2v) is 5.60. The molecule has 1 aliphatic carbocycles. The zero-order valence-corrected chi connectivity index (χ0v) is 10.3. The number of carboxylic acids is 1. The van der Waals surface area contributed by atoms with Gasteiger partial charge in [-0.15, -0.1) is 0 Å². The fraction of sp³-hybridized carbons (Fsp3) is 0.400. The van der Waals surface area contributed by atoms with Crippen LogP contribution in [0.15, 0.2) is 18.3 Å². The highest BCUT2D eigenvalue weighted by molar-refractivity contribution is 7.87. The van der Waals surface area contributed by atoms with Gasteiger partial charge in [0.2, 0.25) is 0 Å². The Bertz CT molecular complexity index is 537. The van der Waals surface area contributed by atoms with Crippen LogP contribution in [0.4, 0.5) is 0 Å². The number of aromatic nitrogens is 1. The number of hydrogen-bond donors (Lipinski definition) is 3. The van der Waals surface area contributed by atoms with Gasteiger partial charge in [0.05, 0.1) is 0 Å². The van der Waals surface area contributed by atoms with E-state index in [1.165, 1.54) is 18.3 Å². The highest BCUT2D eigenvalue weighted by atomic mass is 32.2. The van der Waals surface area contributed by atoms with Crippen LogP contribution < -0.4 is 9.44 Å². The number of rotatable bonds is 6. The van der Waals surface area contributed by atoms with E-state index < -0.39 is 16.2 Å². The Balaban J connectivity index is 1.91. The molecule has 0 aromatic carbocycles. The summed E-state index contributed by atoms with van der Waals surface area (Å²) < 4.78 is 27.8. The van der Waals surface area contributed by atoms with Crippen molar-refractivity contribution in [2.45, 2.75) is 25.4 Å². The van der Waals surface area contributed by atoms with E-state index in [1.807, 2.05) is 0 Å². The molecule has 1 aromatic rings. The van der Waals surface area contributed by atoms with E-state index in [4.69, 9.17) is 5.11 Å². The normalized spacial score (nSPS) is 15.6. The van der Waals surface area contributed by atoms with Crippen molar-refractivity contribution in [2.24, 2.45) is 0 Å². The lowest BCUT2D eigenvalue weighted by molar-refractivity contribution is 0.0690. The summed E-state index contributed by atoms with van der Waals surface area (Å²) in [5.41, 5.74) is 0.527. The van der Waals surface area contributed by atoms with Crippen LogP contribution in [0.2, 0.25) is 0 Å². The molecule has 2 rings (SSSR count). The summed E-state index contributed by atoms with van der Waals surface area (Å²) in [5.74, 6) is -1.11. The Labute approximate surface area is 104 Å². The molecule has 1 fully saturated rings. The van der Waals surface area contributed by atoms with Gasteiger partial charge in [-0.1, -0.05) is 6.07 Å². The SMILES string of the molecule is O=C(O)c1ccc(CNS(=O)(=O)NC2CC2)cn1. The van der Waals surface area contributed by atoms with Crippen molar-refractivity contribution in [1.29, 1.82) is 0 Å². The highest BCUT2D eigenvalue weighted by Crippen LogP contribution is 2.19. The molecule has 0 amide bonds. The molecule has 7 nitrogen and oxygen atoms in total. The average molecular weight is 271 g/mol. The van der Waals surface area contributed by atoms with Crippen LogP contribution >= 0.6 is 0 Å². The first-order valence-electron chi connectivity index (χ1n) is 5.41. The van der Waals surface area contributed by atoms with E-state index >= 15 is 0 Å². The first-order valence-corrected chi connectivity index (χ1v) is 6.90. The second-order valence-electron chi connectivity index (χ2n) is 4.07. The number of aromatic carboxylic acids is 1. The van der Waals surface area contributed by atoms with Gasteiger partial charge in [0.15, 0.2) is 0 Å². The summed E-state index contributed by atoms with van der Waals surface area (Å²) >= 11 is 0. The Hall–Kier alpha value is -1.51. The number of pyridine rings is 1. The van der Waals surface area contributed by atoms with E-state index in [9.17, 15) is 13.2 Å². The molecule has 1 aliphatic rings. The monoisotopic (exact) mass is 271 g/mol. The first kappa shape index (κ1) is 12.9. The van der Waals surface area contributed by atoms with Gasteiger partial charge in [0.1, 0.15) is 5.69 Å². The van der Waals surface area contributed by atoms with Crippen LogP contribution in [0.5, 0.6) is 0 Å². The number of nitrogens with one attached hydrogen (secondary N) is 2. The lowest BCUT2D eigenvalue weighted by Crippen LogP contribution is -2.37. The van der Waals surface area contributed by atoms with E-state index in [2.05, 4.69) is 14.4 Å². The molecular formula is C10H13N3O4S. The molecule has 0 atom stereocenters. The summed E-state index contributed by atoms with van der Waals surface area (Å²) in [6.07, 6.45) is 3.08. The molecule has 3 N–H and O–H groups in total. The van der Waals surface area contributed by atoms with Crippen LogP contribution in [-0.2, 0) is 16.8 Å². The van der Waals surface area contributed by atoms with Crippen molar-refractivity contribution in [3.63, 3.8) is 0 Å². The summed E-state index contributed by atoms with van der Waals surface area (Å²) in [6, 6.07) is 2.91. The number of carboxylic acid groups (broad SMARTS) is 1. The van der Waals surface area contributed by atoms with Crippen molar-refractivity contribution in [1.82, 2.24) is 14.4 Å².